The molecule has 0 saturated carbocycles. The number of carbonyl (C=O) groups is 3. The second kappa shape index (κ2) is 13.5. The Morgan fingerprint density at radius 2 is 1.91 bits per heavy atom. The number of nitrogens with one attached hydrogen (secondary N) is 2. The molecule has 0 fully saturated rings. The summed E-state index contributed by atoms with van der Waals surface area (Å²) in [7, 11) is 0. The van der Waals surface area contributed by atoms with E-state index in [1.54, 1.807) is 47.5 Å². The summed E-state index contributed by atoms with van der Waals surface area (Å²) in [5, 5.41) is 27.3. The van der Waals surface area contributed by atoms with Gasteiger partial charge in [0.1, 0.15) is 18.0 Å². The van der Waals surface area contributed by atoms with Crippen molar-refractivity contribution < 1.29 is 39.0 Å². The van der Waals surface area contributed by atoms with E-state index in [1.807, 2.05) is 20.8 Å². The first kappa shape index (κ1) is 33.5. The summed E-state index contributed by atoms with van der Waals surface area (Å²) in [5.74, 6) is -0.951. The Bertz CT molecular complexity index is 1810. The normalized spacial score (nSPS) is 16.8. The van der Waals surface area contributed by atoms with Gasteiger partial charge in [0.05, 0.1) is 35.2 Å². The third kappa shape index (κ3) is 6.98. The third-order valence-electron chi connectivity index (χ3n) is 8.15. The quantitative estimate of drug-likeness (QED) is 0.0612. The number of nitrogens with zero attached hydrogens (tertiary/aromatic N) is 3. The molecule has 14 nitrogen and oxygen atoms in total. The molecule has 2 aromatic heterocycles. The number of amides is 2. The van der Waals surface area contributed by atoms with Crippen molar-refractivity contribution in [3.05, 3.63) is 56.9 Å². The zero-order valence-electron chi connectivity index (χ0n) is 26.8. The number of hydrogen-bond acceptors (Lipinski definition) is 11. The maximum Gasteiger partial charge on any atom is 0.412 e. The van der Waals surface area contributed by atoms with E-state index in [2.05, 4.69) is 10.5 Å². The number of aliphatic hydroxyl groups is 1. The van der Waals surface area contributed by atoms with E-state index >= 15 is 0 Å². The first-order valence-electron chi connectivity index (χ1n) is 15.6. The molecule has 4 N–H and O–H groups in total. The van der Waals surface area contributed by atoms with Crippen molar-refractivity contribution in [2.24, 2.45) is 5.16 Å². The Kier molecular flexibility index (Phi) is 9.63. The largest absolute Gasteiger partial charge is 0.458 e. The molecule has 0 radical (unpaired) electrons. The van der Waals surface area contributed by atoms with Crippen LogP contribution in [0, 0.1) is 0 Å². The summed E-state index contributed by atoms with van der Waals surface area (Å²) in [6.07, 6.45) is 4.09. The van der Waals surface area contributed by atoms with Gasteiger partial charge in [0.2, 0.25) is 5.91 Å². The Labute approximate surface area is 270 Å². The van der Waals surface area contributed by atoms with Crippen LogP contribution in [0.15, 0.2) is 34.2 Å². The number of pyridine rings is 2. The minimum atomic E-state index is -1.95. The number of unbranched alkanes of at least 4 members (excludes halogenated alkanes) is 3. The van der Waals surface area contributed by atoms with Crippen LogP contribution in [-0.4, -0.2) is 56.2 Å². The van der Waals surface area contributed by atoms with Crippen LogP contribution in [0.3, 0.4) is 0 Å². The molecular formula is C33H39N5O9. The van der Waals surface area contributed by atoms with Crippen molar-refractivity contribution in [2.45, 2.75) is 90.6 Å². The summed E-state index contributed by atoms with van der Waals surface area (Å²) in [6.45, 7) is 7.52. The second-order valence-corrected chi connectivity index (χ2v) is 12.6. The van der Waals surface area contributed by atoms with Gasteiger partial charge in [-0.1, -0.05) is 24.9 Å². The molecule has 5 rings (SSSR count). The highest BCUT2D eigenvalue weighted by Crippen LogP contribution is 2.40. The fourth-order valence-electron chi connectivity index (χ4n) is 5.69. The number of hydrogen-bond donors (Lipinski definition) is 4. The highest BCUT2D eigenvalue weighted by Gasteiger charge is 2.45. The summed E-state index contributed by atoms with van der Waals surface area (Å²) < 4.78 is 12.3. The third-order valence-corrected chi connectivity index (χ3v) is 8.15. The molecule has 47 heavy (non-hydrogen) atoms. The van der Waals surface area contributed by atoms with Crippen LogP contribution in [0.4, 0.5) is 4.79 Å². The smallest absolute Gasteiger partial charge is 0.412 e. The van der Waals surface area contributed by atoms with Gasteiger partial charge in [-0.25, -0.2) is 20.1 Å². The number of hydroxylamine groups is 1. The van der Waals surface area contributed by atoms with Crippen molar-refractivity contribution in [3.8, 4) is 17.1 Å². The minimum Gasteiger partial charge on any atom is -0.458 e. The average Bonchev–Trinajstić information content (AvgIpc) is 3.40. The first-order chi connectivity index (χ1) is 22.4. The van der Waals surface area contributed by atoms with Gasteiger partial charge in [-0.15, -0.1) is 0 Å². The fraction of sp³-hybridized carbons (Fsp3) is 0.455. The lowest BCUT2D eigenvalue weighted by Crippen LogP contribution is -2.44. The molecule has 250 valence electrons. The molecule has 4 heterocycles. The second-order valence-electron chi connectivity index (χ2n) is 12.6. The van der Waals surface area contributed by atoms with Gasteiger partial charge in [0.15, 0.2) is 5.60 Å². The summed E-state index contributed by atoms with van der Waals surface area (Å²) in [6, 6.07) is 6.62. The molecule has 0 bridgehead atoms. The molecule has 0 aliphatic carbocycles. The maximum absolute atomic E-state index is 13.7. The number of esters is 1. The highest BCUT2D eigenvalue weighted by molar-refractivity contribution is 6.03. The highest BCUT2D eigenvalue weighted by atomic mass is 16.6. The van der Waals surface area contributed by atoms with Crippen LogP contribution in [0.1, 0.15) is 88.5 Å². The molecule has 1 unspecified atom stereocenters. The maximum atomic E-state index is 13.7. The van der Waals surface area contributed by atoms with Gasteiger partial charge in [-0.3, -0.25) is 14.8 Å². The molecule has 14 heteroatoms. The average molecular weight is 650 g/mol. The molecule has 2 aliphatic rings. The van der Waals surface area contributed by atoms with Gasteiger partial charge in [-0.05, 0) is 64.3 Å². The number of ether oxygens (including phenoxy) is 2. The van der Waals surface area contributed by atoms with E-state index in [4.69, 9.17) is 24.5 Å². The van der Waals surface area contributed by atoms with E-state index in [-0.39, 0.29) is 48.4 Å². The van der Waals surface area contributed by atoms with Crippen LogP contribution in [0.5, 0.6) is 5.75 Å². The van der Waals surface area contributed by atoms with Crippen LogP contribution in [-0.2, 0) is 37.9 Å². The number of aromatic nitrogens is 2. The summed E-state index contributed by atoms with van der Waals surface area (Å²) >= 11 is 0. The molecule has 2 aliphatic heterocycles. The molecule has 0 saturated heterocycles. The van der Waals surface area contributed by atoms with Crippen molar-refractivity contribution in [2.75, 3.05) is 6.54 Å². The number of fused-ring (bicyclic) bond motifs is 5. The minimum absolute atomic E-state index is 0.0314. The Morgan fingerprint density at radius 3 is 2.64 bits per heavy atom. The van der Waals surface area contributed by atoms with E-state index in [0.29, 0.717) is 52.8 Å². The summed E-state index contributed by atoms with van der Waals surface area (Å²) in [4.78, 5) is 60.4. The lowest BCUT2D eigenvalue weighted by Gasteiger charge is -2.31. The van der Waals surface area contributed by atoms with Gasteiger partial charge in [0, 0.05) is 35.0 Å². The standard InChI is InChI=1S/C33H39N5O9/c1-5-33(43)24-15-26-28-22(17-38(26)29(40)23(24)18-45-30(33)41)21(16-35-47-32(2,3)4)20-14-19(11-12-25(20)36-28)46-31(42)34-13-9-7-6-8-10-27(39)37-44/h11-12,14-16,43-44H,5-10,13,17-18H2,1-4H3,(H,34,42)(H,37,39). The topological polar surface area (TPSA) is 191 Å². The number of oxime groups is 1. The number of cyclic esters (lactones) is 1. The van der Waals surface area contributed by atoms with E-state index < -0.39 is 29.2 Å². The predicted molar refractivity (Wildman–Crippen MR) is 170 cm³/mol. The van der Waals surface area contributed by atoms with Gasteiger partial charge in [-0.2, -0.15) is 0 Å². The van der Waals surface area contributed by atoms with Gasteiger partial charge in [0.25, 0.3) is 5.56 Å². The monoisotopic (exact) mass is 649 g/mol. The SMILES string of the molecule is CCC1(O)C(=O)OCc2c1cc1n(c2=O)Cc2c-1nc1ccc(OC(=O)NCCCCCCC(=O)NO)cc1c2C=NOC(C)(C)C. The first-order valence-corrected chi connectivity index (χ1v) is 15.6. The van der Waals surface area contributed by atoms with Crippen molar-refractivity contribution in [3.63, 3.8) is 0 Å². The Balaban J connectivity index is 1.44. The van der Waals surface area contributed by atoms with Crippen LogP contribution >= 0.6 is 0 Å². The molecule has 2 amide bonds. The zero-order valence-corrected chi connectivity index (χ0v) is 26.8. The summed E-state index contributed by atoms with van der Waals surface area (Å²) in [5.41, 5.74) is 1.90. The lowest BCUT2D eigenvalue weighted by molar-refractivity contribution is -0.172. The number of benzene rings is 1. The van der Waals surface area contributed by atoms with E-state index in [1.165, 1.54) is 0 Å². The zero-order chi connectivity index (χ0) is 33.9. The van der Waals surface area contributed by atoms with Crippen LogP contribution in [0.2, 0.25) is 0 Å². The predicted octanol–water partition coefficient (Wildman–Crippen LogP) is 3.77. The number of carbonyl (C=O) groups excluding carboxylic acids is 3. The van der Waals surface area contributed by atoms with Crippen molar-refractivity contribution in [1.29, 1.82) is 0 Å². The van der Waals surface area contributed by atoms with Crippen molar-refractivity contribution in [1.82, 2.24) is 20.3 Å². The van der Waals surface area contributed by atoms with Crippen LogP contribution < -0.4 is 21.1 Å². The van der Waals surface area contributed by atoms with Crippen LogP contribution in [0.25, 0.3) is 22.3 Å². The molecule has 1 aromatic carbocycles. The van der Waals surface area contributed by atoms with Gasteiger partial charge >= 0.3 is 12.1 Å². The molecular weight excluding hydrogens is 610 g/mol. The molecule has 0 spiro atoms. The lowest BCUT2D eigenvalue weighted by atomic mass is 9.86. The Hall–Kier alpha value is -4.82. The van der Waals surface area contributed by atoms with Crippen molar-refractivity contribution >= 4 is 35.1 Å². The molecule has 3 aromatic rings. The molecule has 1 atom stereocenters. The number of rotatable bonds is 11. The van der Waals surface area contributed by atoms with E-state index in [0.717, 1.165) is 12.8 Å². The Morgan fingerprint density at radius 1 is 1.15 bits per heavy atom. The fourth-order valence-corrected chi connectivity index (χ4v) is 5.69. The van der Waals surface area contributed by atoms with E-state index in [9.17, 15) is 24.3 Å². The van der Waals surface area contributed by atoms with Gasteiger partial charge < -0.3 is 29.3 Å².